The highest BCUT2D eigenvalue weighted by Crippen LogP contribution is 2.47. The van der Waals surface area contributed by atoms with Gasteiger partial charge in [0.15, 0.2) is 0 Å². The molecule has 0 amide bonds. The number of hydrogen-bond donors (Lipinski definition) is 2. The Balaban J connectivity index is 0.000000811. The van der Waals surface area contributed by atoms with Gasteiger partial charge in [0.05, 0.1) is 46.6 Å². The predicted octanol–water partition coefficient (Wildman–Crippen LogP) is 5.02. The number of ether oxygens (including phenoxy) is 4. The lowest BCUT2D eigenvalue weighted by Gasteiger charge is -2.37. The highest BCUT2D eigenvalue weighted by Gasteiger charge is 2.44. The number of aromatic nitrogens is 2. The Kier molecular flexibility index (Phi) is 15.1. The second-order valence-electron chi connectivity index (χ2n) is 13.5. The van der Waals surface area contributed by atoms with Crippen LogP contribution in [0.1, 0.15) is 55.7 Å². The zero-order valence-corrected chi connectivity index (χ0v) is 34.1. The van der Waals surface area contributed by atoms with E-state index >= 15 is 0 Å². The topological polar surface area (TPSA) is 155 Å². The predicted molar refractivity (Wildman–Crippen MR) is 215 cm³/mol. The van der Waals surface area contributed by atoms with Gasteiger partial charge in [0.1, 0.15) is 35.2 Å². The molecule has 4 aromatic carbocycles. The van der Waals surface area contributed by atoms with Crippen LogP contribution in [0.25, 0.3) is 0 Å². The zero-order chi connectivity index (χ0) is 41.0. The molecule has 1 unspecified atom stereocenters. The van der Waals surface area contributed by atoms with E-state index in [4.69, 9.17) is 28.0 Å². The summed E-state index contributed by atoms with van der Waals surface area (Å²) in [6, 6.07) is 32.4. The van der Waals surface area contributed by atoms with Crippen molar-refractivity contribution in [2.24, 2.45) is 0 Å². The van der Waals surface area contributed by atoms with E-state index in [1.807, 2.05) is 78.9 Å². The molecular formula is C43H52N3O10P. The molecule has 1 saturated heterocycles. The van der Waals surface area contributed by atoms with Crippen LogP contribution in [-0.4, -0.2) is 62.2 Å². The lowest BCUT2D eigenvalue weighted by atomic mass is 9.80. The molecule has 0 saturated carbocycles. The monoisotopic (exact) mass is 801 g/mol. The van der Waals surface area contributed by atoms with Gasteiger partial charge in [-0.2, -0.15) is 0 Å². The van der Waals surface area contributed by atoms with Gasteiger partial charge >= 0.3 is 13.5 Å². The molecule has 1 aliphatic heterocycles. The van der Waals surface area contributed by atoms with E-state index in [2.05, 4.69) is 25.8 Å². The van der Waals surface area contributed by atoms with E-state index in [-0.39, 0.29) is 24.3 Å². The van der Waals surface area contributed by atoms with E-state index in [0.717, 1.165) is 16.7 Å². The number of nitrogens with one attached hydrogen (secondary N) is 2. The van der Waals surface area contributed by atoms with Gasteiger partial charge in [-0.05, 0) is 80.8 Å². The SMILES string of the molecule is CC[NH+](CC)CC.COc1ccc(C(OC[C@H]2O[C@@H](n3cc(C)c(=O)[nH]c3=O)C[C@@H]2OP(=O)([O-])Oc2ccccc2)(c2ccccc2)c2ccc(OC)cc2)cc1. The quantitative estimate of drug-likeness (QED) is 0.103. The standard InChI is InChI=1S/C37H37N2O10P.C6H15N/c1-25-23-39(36(41)38-35(25)40)34-22-32(49-50(42,43)48-31-12-8-5-9-13-31)33(47-34)24-46-37(26-10-6-4-7-11-26,27-14-18-29(44-2)19-15-27)28-16-20-30(45-3)21-17-28;1-4-7(5-2)6-3/h4-21,23,32-34H,22,24H2,1-3H3,(H,42,43)(H,38,40,41);4-6H2,1-3H3/t32-,33+,34+;/m0./s1. The lowest BCUT2D eigenvalue weighted by Crippen LogP contribution is -3.11. The van der Waals surface area contributed by atoms with Crippen molar-refractivity contribution < 1.29 is 42.4 Å². The first-order valence-electron chi connectivity index (χ1n) is 19.0. The first-order valence-corrected chi connectivity index (χ1v) is 20.5. The van der Waals surface area contributed by atoms with Gasteiger partial charge in [0, 0.05) is 18.2 Å². The van der Waals surface area contributed by atoms with Crippen molar-refractivity contribution in [2.45, 2.75) is 58.2 Å². The van der Waals surface area contributed by atoms with Crippen molar-refractivity contribution in [3.8, 4) is 17.2 Å². The maximum Gasteiger partial charge on any atom is 0.330 e. The summed E-state index contributed by atoms with van der Waals surface area (Å²) >= 11 is 0. The smallest absolute Gasteiger partial charge is 0.330 e. The number of benzene rings is 4. The third-order valence-electron chi connectivity index (χ3n) is 10.00. The Morgan fingerprint density at radius 2 is 1.30 bits per heavy atom. The minimum Gasteiger partial charge on any atom is -0.746 e. The average Bonchev–Trinajstić information content (AvgIpc) is 3.62. The average molecular weight is 802 g/mol. The van der Waals surface area contributed by atoms with Crippen molar-refractivity contribution in [3.63, 3.8) is 0 Å². The summed E-state index contributed by atoms with van der Waals surface area (Å²) < 4.78 is 49.5. The number of nitrogens with zero attached hydrogens (tertiary/aromatic N) is 1. The van der Waals surface area contributed by atoms with E-state index in [0.29, 0.717) is 11.5 Å². The summed E-state index contributed by atoms with van der Waals surface area (Å²) in [5.74, 6) is 1.36. The summed E-state index contributed by atoms with van der Waals surface area (Å²) in [5, 5.41) is 0. The van der Waals surface area contributed by atoms with Crippen LogP contribution in [0.15, 0.2) is 125 Å². The van der Waals surface area contributed by atoms with Gasteiger partial charge in [0.2, 0.25) is 0 Å². The number of aromatic amines is 1. The Morgan fingerprint density at radius 1 is 0.789 bits per heavy atom. The van der Waals surface area contributed by atoms with Crippen molar-refractivity contribution >= 4 is 7.82 Å². The molecule has 0 spiro atoms. The maximum absolute atomic E-state index is 13.2. The number of hydrogen-bond acceptors (Lipinski definition) is 10. The number of phosphoric acid groups is 1. The molecular weight excluding hydrogens is 749 g/mol. The van der Waals surface area contributed by atoms with E-state index in [9.17, 15) is 19.0 Å². The Hall–Kier alpha value is -5.01. The van der Waals surface area contributed by atoms with Crippen molar-refractivity contribution in [1.82, 2.24) is 9.55 Å². The fourth-order valence-electron chi connectivity index (χ4n) is 6.76. The summed E-state index contributed by atoms with van der Waals surface area (Å²) in [6.45, 7) is 11.8. The van der Waals surface area contributed by atoms with Crippen LogP contribution in [0.3, 0.4) is 0 Å². The summed E-state index contributed by atoms with van der Waals surface area (Å²) in [5.41, 5.74) is 0.0350. The molecule has 2 heterocycles. The first kappa shape index (κ1) is 43.1. The van der Waals surface area contributed by atoms with Crippen molar-refractivity contribution in [1.29, 1.82) is 0 Å². The van der Waals surface area contributed by atoms with Crippen molar-refractivity contribution in [2.75, 3.05) is 40.5 Å². The van der Waals surface area contributed by atoms with E-state index < -0.39 is 43.1 Å². The van der Waals surface area contributed by atoms with Gasteiger partial charge in [-0.3, -0.25) is 18.9 Å². The molecule has 0 bridgehead atoms. The van der Waals surface area contributed by atoms with Crippen LogP contribution in [0.2, 0.25) is 0 Å². The number of quaternary nitrogens is 1. The van der Waals surface area contributed by atoms with Crippen molar-refractivity contribution in [3.05, 3.63) is 158 Å². The minimum absolute atomic E-state index is 0.0729. The summed E-state index contributed by atoms with van der Waals surface area (Å²) in [7, 11) is -1.80. The summed E-state index contributed by atoms with van der Waals surface area (Å²) in [6.07, 6.45) is -1.88. The number of aryl methyl sites for hydroxylation is 1. The molecule has 2 N–H and O–H groups in total. The van der Waals surface area contributed by atoms with Crippen LogP contribution in [-0.2, 0) is 24.2 Å². The highest BCUT2D eigenvalue weighted by atomic mass is 31.2. The van der Waals surface area contributed by atoms with E-state index in [1.165, 1.54) is 42.5 Å². The molecule has 13 nitrogen and oxygen atoms in total. The summed E-state index contributed by atoms with van der Waals surface area (Å²) in [4.78, 5) is 42.2. The molecule has 0 radical (unpaired) electrons. The molecule has 304 valence electrons. The zero-order valence-electron chi connectivity index (χ0n) is 33.2. The van der Waals surface area contributed by atoms with Crippen LogP contribution < -0.4 is 35.0 Å². The van der Waals surface area contributed by atoms with Crippen LogP contribution >= 0.6 is 7.82 Å². The van der Waals surface area contributed by atoms with Gasteiger partial charge in [0.25, 0.3) is 5.56 Å². The van der Waals surface area contributed by atoms with Crippen LogP contribution in [0.5, 0.6) is 17.2 Å². The van der Waals surface area contributed by atoms with Gasteiger partial charge in [-0.15, -0.1) is 0 Å². The fraction of sp³-hybridized carbons (Fsp3) is 0.349. The number of H-pyrrole nitrogens is 1. The molecule has 1 aromatic heterocycles. The largest absolute Gasteiger partial charge is 0.746 e. The molecule has 5 aromatic rings. The van der Waals surface area contributed by atoms with Crippen LogP contribution in [0, 0.1) is 6.92 Å². The number of phosphoric ester groups is 1. The molecule has 4 atom stereocenters. The second kappa shape index (κ2) is 19.9. The molecule has 1 aliphatic rings. The highest BCUT2D eigenvalue weighted by molar-refractivity contribution is 7.46. The Bertz CT molecular complexity index is 2110. The van der Waals surface area contributed by atoms with Gasteiger partial charge < -0.3 is 37.8 Å². The number of para-hydroxylation sites is 1. The Morgan fingerprint density at radius 3 is 1.79 bits per heavy atom. The first-order chi connectivity index (χ1) is 27.5. The van der Waals surface area contributed by atoms with E-state index in [1.54, 1.807) is 44.2 Å². The minimum atomic E-state index is -4.96. The third-order valence-corrected chi connectivity index (χ3v) is 11.0. The number of rotatable bonds is 16. The van der Waals surface area contributed by atoms with Crippen LogP contribution in [0.4, 0.5) is 0 Å². The normalized spacial score (nSPS) is 17.6. The van der Waals surface area contributed by atoms with Gasteiger partial charge in [-0.1, -0.05) is 72.8 Å². The Labute approximate surface area is 333 Å². The van der Waals surface area contributed by atoms with Gasteiger partial charge in [-0.25, -0.2) is 4.79 Å². The molecule has 6 rings (SSSR count). The molecule has 1 fully saturated rings. The third kappa shape index (κ3) is 10.7. The number of methoxy groups -OCH3 is 2. The molecule has 57 heavy (non-hydrogen) atoms. The second-order valence-corrected chi connectivity index (χ2v) is 14.8. The molecule has 14 heteroatoms. The lowest BCUT2D eigenvalue weighted by molar-refractivity contribution is -0.894. The maximum atomic E-state index is 13.2. The fourth-order valence-corrected chi connectivity index (χ4v) is 7.74. The molecule has 0 aliphatic carbocycles.